The number of aliphatic imine (C=N–C) groups is 1. The molecule has 1 unspecified atom stereocenters. The number of imide groups is 1. The molecule has 2 aromatic rings. The lowest BCUT2D eigenvalue weighted by Crippen LogP contribution is -2.35. The Morgan fingerprint density at radius 1 is 1.15 bits per heavy atom. The number of nitrogens with one attached hydrogen (secondary N) is 1. The molecule has 2 aromatic carbocycles. The fourth-order valence-electron chi connectivity index (χ4n) is 6.08. The number of benzene rings is 2. The van der Waals surface area contributed by atoms with E-state index in [-0.39, 0.29) is 30.6 Å². The van der Waals surface area contributed by atoms with Crippen molar-refractivity contribution in [3.63, 3.8) is 0 Å². The van der Waals surface area contributed by atoms with Crippen LogP contribution in [0.1, 0.15) is 63.6 Å². The number of ketones is 1. The van der Waals surface area contributed by atoms with Gasteiger partial charge in [-0.1, -0.05) is 29.8 Å². The summed E-state index contributed by atoms with van der Waals surface area (Å²) in [5.74, 6) is -0.588. The van der Waals surface area contributed by atoms with Gasteiger partial charge in [0.15, 0.2) is 5.78 Å². The molecule has 1 fully saturated rings. The molecule has 0 saturated carbocycles. The van der Waals surface area contributed by atoms with E-state index in [0.29, 0.717) is 57.7 Å². The fraction of sp³-hybridized carbons (Fsp3) is 0.355. The lowest BCUT2D eigenvalue weighted by molar-refractivity contribution is -0.114. The Morgan fingerprint density at radius 2 is 1.95 bits per heavy atom. The number of halogens is 1. The van der Waals surface area contributed by atoms with Gasteiger partial charge in [0.25, 0.3) is 11.8 Å². The smallest absolute Gasteiger partial charge is 0.261 e. The van der Waals surface area contributed by atoms with Crippen LogP contribution in [0.4, 0.5) is 5.69 Å². The first kappa shape index (κ1) is 26.6. The van der Waals surface area contributed by atoms with Crippen LogP contribution in [0, 0.1) is 0 Å². The van der Waals surface area contributed by atoms with Gasteiger partial charge in [-0.05, 0) is 74.3 Å². The molecule has 9 heteroatoms. The number of carbonyl (C=O) groups is 3. The number of aliphatic hydroxyl groups is 1. The summed E-state index contributed by atoms with van der Waals surface area (Å²) < 4.78 is 0. The molecule has 2 amide bonds. The summed E-state index contributed by atoms with van der Waals surface area (Å²) in [5.41, 5.74) is 4.70. The van der Waals surface area contributed by atoms with E-state index in [1.54, 1.807) is 48.6 Å². The zero-order valence-electron chi connectivity index (χ0n) is 22.3. The number of hydrogen-bond donors (Lipinski definition) is 2. The van der Waals surface area contributed by atoms with Crippen molar-refractivity contribution in [2.45, 2.75) is 44.2 Å². The highest BCUT2D eigenvalue weighted by Gasteiger charge is 2.38. The van der Waals surface area contributed by atoms with E-state index in [1.165, 1.54) is 4.90 Å². The normalized spacial score (nSPS) is 24.2. The van der Waals surface area contributed by atoms with Crippen LogP contribution in [-0.2, 0) is 11.2 Å². The van der Waals surface area contributed by atoms with Crippen LogP contribution >= 0.6 is 11.6 Å². The lowest BCUT2D eigenvalue weighted by Gasteiger charge is -2.22. The van der Waals surface area contributed by atoms with Gasteiger partial charge >= 0.3 is 0 Å². The molecule has 1 saturated heterocycles. The predicted molar refractivity (Wildman–Crippen MR) is 154 cm³/mol. The van der Waals surface area contributed by atoms with Gasteiger partial charge in [0.2, 0.25) is 0 Å². The maximum absolute atomic E-state index is 13.2. The molecule has 2 N–H and O–H groups in total. The molecule has 8 nitrogen and oxygen atoms in total. The van der Waals surface area contributed by atoms with Crippen molar-refractivity contribution in [1.82, 2.24) is 9.80 Å². The van der Waals surface area contributed by atoms with Gasteiger partial charge in [0.1, 0.15) is 0 Å². The van der Waals surface area contributed by atoms with Gasteiger partial charge in [-0.2, -0.15) is 0 Å². The Hall–Kier alpha value is -3.59. The molecule has 3 aliphatic heterocycles. The minimum absolute atomic E-state index is 0.0702. The standard InChI is InChI=1S/C31H31ClN4O4/c1-35-11-4-7-21(35)10-12-36-30(39)22-14-19-15-26(34-25(19)16-23(22)31(36)40)29-24(8-3-9-27(29)37)33-17-28(38)18-5-2-6-20(32)13-18/h2-3,5-6,8,13-14,16,21,28,34,38H,4,7,9-12,15,17H2,1H3/t21?,28-/m1/s1. The fourth-order valence-corrected chi connectivity index (χ4v) is 6.28. The van der Waals surface area contributed by atoms with Crippen molar-refractivity contribution in [1.29, 1.82) is 0 Å². The molecule has 4 aliphatic rings. The third-order valence-electron chi connectivity index (χ3n) is 8.29. The molecule has 1 aliphatic carbocycles. The van der Waals surface area contributed by atoms with Crippen molar-refractivity contribution in [2.24, 2.45) is 4.99 Å². The van der Waals surface area contributed by atoms with Crippen molar-refractivity contribution in [2.75, 3.05) is 32.0 Å². The number of fused-ring (bicyclic) bond motifs is 2. The van der Waals surface area contributed by atoms with Gasteiger partial charge in [-0.15, -0.1) is 0 Å². The first-order valence-corrected chi connectivity index (χ1v) is 14.1. The van der Waals surface area contributed by atoms with Gasteiger partial charge < -0.3 is 15.3 Å². The number of carbonyl (C=O) groups excluding carboxylic acids is 3. The van der Waals surface area contributed by atoms with E-state index in [9.17, 15) is 19.5 Å². The van der Waals surface area contributed by atoms with Crippen LogP contribution in [0.2, 0.25) is 5.02 Å². The van der Waals surface area contributed by atoms with Gasteiger partial charge in [0, 0.05) is 41.8 Å². The largest absolute Gasteiger partial charge is 0.386 e. The quantitative estimate of drug-likeness (QED) is 0.404. The SMILES string of the molecule is CN1CCCC1CCN1C(=O)c2cc3c(cc2C1=O)NC(=C1C(=O)CC=CC1=NC[C@@H](O)c1cccc(Cl)c1)C3. The van der Waals surface area contributed by atoms with Crippen LogP contribution in [0.3, 0.4) is 0 Å². The summed E-state index contributed by atoms with van der Waals surface area (Å²) in [7, 11) is 2.09. The molecular weight excluding hydrogens is 528 g/mol. The average molecular weight is 559 g/mol. The van der Waals surface area contributed by atoms with E-state index >= 15 is 0 Å². The third kappa shape index (κ3) is 4.91. The second kappa shape index (κ2) is 10.8. The average Bonchev–Trinajstić information content (AvgIpc) is 3.61. The first-order valence-electron chi connectivity index (χ1n) is 13.7. The van der Waals surface area contributed by atoms with Crippen LogP contribution < -0.4 is 5.32 Å². The maximum atomic E-state index is 13.2. The van der Waals surface area contributed by atoms with E-state index < -0.39 is 6.10 Å². The number of amides is 2. The Bertz CT molecular complexity index is 1460. The monoisotopic (exact) mass is 558 g/mol. The summed E-state index contributed by atoms with van der Waals surface area (Å²) in [5, 5.41) is 14.5. The molecule has 3 heterocycles. The number of rotatable bonds is 6. The number of nitrogens with zero attached hydrogens (tertiary/aromatic N) is 3. The van der Waals surface area contributed by atoms with Gasteiger partial charge in [-0.25, -0.2) is 0 Å². The van der Waals surface area contributed by atoms with Crippen LogP contribution in [0.5, 0.6) is 0 Å². The minimum atomic E-state index is -0.867. The minimum Gasteiger partial charge on any atom is -0.386 e. The highest BCUT2D eigenvalue weighted by molar-refractivity contribution is 6.30. The molecule has 0 spiro atoms. The molecule has 0 bridgehead atoms. The van der Waals surface area contributed by atoms with Crippen molar-refractivity contribution in [3.05, 3.63) is 87.1 Å². The highest BCUT2D eigenvalue weighted by atomic mass is 35.5. The molecule has 40 heavy (non-hydrogen) atoms. The molecular formula is C31H31ClN4O4. The van der Waals surface area contributed by atoms with Crippen molar-refractivity contribution in [3.8, 4) is 0 Å². The zero-order chi connectivity index (χ0) is 28.0. The first-order chi connectivity index (χ1) is 19.3. The van der Waals surface area contributed by atoms with E-state index in [0.717, 1.165) is 37.1 Å². The highest BCUT2D eigenvalue weighted by Crippen LogP contribution is 2.37. The van der Waals surface area contributed by atoms with E-state index in [1.807, 2.05) is 0 Å². The summed E-state index contributed by atoms with van der Waals surface area (Å²) in [6.07, 6.45) is 6.39. The van der Waals surface area contributed by atoms with Crippen LogP contribution in [0.15, 0.2) is 64.8 Å². The Balaban J connectivity index is 1.22. The number of likely N-dealkylation sites (tertiary alicyclic amines) is 1. The second-order valence-corrected chi connectivity index (χ2v) is 11.3. The number of hydrogen-bond acceptors (Lipinski definition) is 7. The third-order valence-corrected chi connectivity index (χ3v) is 8.52. The number of allylic oxidation sites excluding steroid dienone is 4. The van der Waals surface area contributed by atoms with E-state index in [2.05, 4.69) is 22.3 Å². The van der Waals surface area contributed by atoms with Gasteiger partial charge in [-0.3, -0.25) is 24.3 Å². The number of Topliss-reactive ketones (excluding diaryl/α,β-unsaturated/α-hetero) is 1. The Labute approximate surface area is 238 Å². The molecule has 6 rings (SSSR count). The van der Waals surface area contributed by atoms with Crippen molar-refractivity contribution >= 4 is 40.6 Å². The summed E-state index contributed by atoms with van der Waals surface area (Å²) in [4.78, 5) is 47.7. The molecule has 0 radical (unpaired) electrons. The zero-order valence-corrected chi connectivity index (χ0v) is 23.1. The second-order valence-electron chi connectivity index (χ2n) is 10.9. The molecule has 2 atom stereocenters. The summed E-state index contributed by atoms with van der Waals surface area (Å²) in [6.45, 7) is 1.54. The Kier molecular flexibility index (Phi) is 7.16. The van der Waals surface area contributed by atoms with Crippen LogP contribution in [0.25, 0.3) is 0 Å². The topological polar surface area (TPSA) is 102 Å². The lowest BCUT2D eigenvalue weighted by atomic mass is 9.93. The molecule has 0 aromatic heterocycles. The van der Waals surface area contributed by atoms with E-state index in [4.69, 9.17) is 11.6 Å². The predicted octanol–water partition coefficient (Wildman–Crippen LogP) is 4.35. The summed E-state index contributed by atoms with van der Waals surface area (Å²) in [6, 6.07) is 10.9. The van der Waals surface area contributed by atoms with Gasteiger partial charge in [0.05, 0.1) is 35.1 Å². The molecule has 206 valence electrons. The number of anilines is 1. The summed E-state index contributed by atoms with van der Waals surface area (Å²) >= 11 is 6.06. The Morgan fingerprint density at radius 3 is 2.70 bits per heavy atom. The van der Waals surface area contributed by atoms with Crippen molar-refractivity contribution < 1.29 is 19.5 Å². The maximum Gasteiger partial charge on any atom is 0.261 e. The van der Waals surface area contributed by atoms with Crippen LogP contribution in [-0.4, -0.2) is 70.9 Å². The number of aliphatic hydroxyl groups excluding tert-OH is 1.